The van der Waals surface area contributed by atoms with E-state index in [1.165, 1.54) is 12.8 Å². The van der Waals surface area contributed by atoms with Gasteiger partial charge >= 0.3 is 0 Å². The SMILES string of the molecule is CC.Cc1nc(C2CCN(C)CC2)n[nH]1. The molecule has 4 heteroatoms. The maximum Gasteiger partial charge on any atom is 0.153 e. The summed E-state index contributed by atoms with van der Waals surface area (Å²) in [4.78, 5) is 6.73. The molecule has 2 rings (SSSR count). The Morgan fingerprint density at radius 2 is 1.87 bits per heavy atom. The molecule has 0 radical (unpaired) electrons. The summed E-state index contributed by atoms with van der Waals surface area (Å²) in [6.45, 7) is 8.28. The molecule has 1 N–H and O–H groups in total. The van der Waals surface area contributed by atoms with Crippen LogP contribution in [0.2, 0.25) is 0 Å². The maximum absolute atomic E-state index is 4.37. The predicted molar refractivity (Wildman–Crippen MR) is 61.9 cm³/mol. The van der Waals surface area contributed by atoms with Crippen molar-refractivity contribution in [2.75, 3.05) is 20.1 Å². The highest BCUT2D eigenvalue weighted by Crippen LogP contribution is 2.24. The number of nitrogens with one attached hydrogen (secondary N) is 1. The first-order valence-electron chi connectivity index (χ1n) is 5.83. The Morgan fingerprint density at radius 1 is 1.27 bits per heavy atom. The standard InChI is InChI=1S/C9H16N4.C2H6/c1-7-10-9(12-11-7)8-3-5-13(2)6-4-8;1-2/h8H,3-6H2,1-2H3,(H,10,11,12);1-2H3. The lowest BCUT2D eigenvalue weighted by molar-refractivity contribution is 0.251. The number of likely N-dealkylation sites (tertiary alicyclic amines) is 1. The van der Waals surface area contributed by atoms with Crippen LogP contribution in [0.3, 0.4) is 0 Å². The lowest BCUT2D eigenvalue weighted by Crippen LogP contribution is -2.29. The van der Waals surface area contributed by atoms with Gasteiger partial charge < -0.3 is 4.90 Å². The molecule has 0 unspecified atom stereocenters. The number of aromatic amines is 1. The summed E-state index contributed by atoms with van der Waals surface area (Å²) < 4.78 is 0. The van der Waals surface area contributed by atoms with Crippen LogP contribution < -0.4 is 0 Å². The molecule has 1 aliphatic heterocycles. The molecule has 0 aromatic carbocycles. The van der Waals surface area contributed by atoms with E-state index in [0.29, 0.717) is 5.92 Å². The Balaban J connectivity index is 0.000000531. The zero-order valence-corrected chi connectivity index (χ0v) is 10.2. The second-order valence-electron chi connectivity index (χ2n) is 3.86. The van der Waals surface area contributed by atoms with Gasteiger partial charge in [0.05, 0.1) is 0 Å². The molecule has 1 aromatic rings. The second kappa shape index (κ2) is 5.85. The normalized spacial score (nSPS) is 18.4. The van der Waals surface area contributed by atoms with Crippen molar-refractivity contribution in [3.63, 3.8) is 0 Å². The highest BCUT2D eigenvalue weighted by atomic mass is 15.2. The minimum atomic E-state index is 0.571. The fourth-order valence-electron chi connectivity index (χ4n) is 1.81. The Labute approximate surface area is 92.1 Å². The van der Waals surface area contributed by atoms with E-state index in [1.54, 1.807) is 0 Å². The Bertz CT molecular complexity index is 274. The van der Waals surface area contributed by atoms with Crippen LogP contribution >= 0.6 is 0 Å². The molecule has 0 saturated carbocycles. The van der Waals surface area contributed by atoms with Gasteiger partial charge in [-0.15, -0.1) is 0 Å². The molecule has 2 heterocycles. The van der Waals surface area contributed by atoms with E-state index in [4.69, 9.17) is 0 Å². The molecule has 0 atom stereocenters. The van der Waals surface area contributed by atoms with Crippen molar-refractivity contribution in [2.24, 2.45) is 0 Å². The van der Waals surface area contributed by atoms with Crippen LogP contribution in [0.5, 0.6) is 0 Å². The van der Waals surface area contributed by atoms with Gasteiger partial charge in [0.15, 0.2) is 5.82 Å². The quantitative estimate of drug-likeness (QED) is 0.770. The minimum Gasteiger partial charge on any atom is -0.306 e. The predicted octanol–water partition coefficient (Wildman–Crippen LogP) is 1.95. The van der Waals surface area contributed by atoms with Gasteiger partial charge in [0, 0.05) is 5.92 Å². The molecule has 0 spiro atoms. The topological polar surface area (TPSA) is 44.8 Å². The molecule has 1 saturated heterocycles. The van der Waals surface area contributed by atoms with Crippen LogP contribution in [0.4, 0.5) is 0 Å². The molecule has 1 fully saturated rings. The number of piperidine rings is 1. The summed E-state index contributed by atoms with van der Waals surface area (Å²) in [6, 6.07) is 0. The van der Waals surface area contributed by atoms with E-state index in [1.807, 2.05) is 20.8 Å². The number of aryl methyl sites for hydroxylation is 1. The van der Waals surface area contributed by atoms with Crippen molar-refractivity contribution < 1.29 is 0 Å². The first-order chi connectivity index (χ1) is 7.25. The van der Waals surface area contributed by atoms with Gasteiger partial charge in [-0.3, -0.25) is 5.10 Å². The fourth-order valence-corrected chi connectivity index (χ4v) is 1.81. The highest BCUT2D eigenvalue weighted by Gasteiger charge is 2.21. The van der Waals surface area contributed by atoms with Crippen LogP contribution in [-0.4, -0.2) is 40.2 Å². The summed E-state index contributed by atoms with van der Waals surface area (Å²) in [7, 11) is 2.17. The summed E-state index contributed by atoms with van der Waals surface area (Å²) in [5.74, 6) is 2.50. The Kier molecular flexibility index (Phi) is 4.75. The van der Waals surface area contributed by atoms with Crippen LogP contribution in [-0.2, 0) is 0 Å². The average molecular weight is 210 g/mol. The third-order valence-electron chi connectivity index (χ3n) is 2.70. The first kappa shape index (κ1) is 12.2. The Hall–Kier alpha value is -0.900. The summed E-state index contributed by atoms with van der Waals surface area (Å²) in [6.07, 6.45) is 2.38. The zero-order chi connectivity index (χ0) is 11.3. The van der Waals surface area contributed by atoms with Gasteiger partial charge in [0.1, 0.15) is 5.82 Å². The van der Waals surface area contributed by atoms with Crippen molar-refractivity contribution >= 4 is 0 Å². The van der Waals surface area contributed by atoms with Gasteiger partial charge in [-0.2, -0.15) is 5.10 Å². The fraction of sp³-hybridized carbons (Fsp3) is 0.818. The Morgan fingerprint density at radius 3 is 2.33 bits per heavy atom. The van der Waals surface area contributed by atoms with E-state index >= 15 is 0 Å². The van der Waals surface area contributed by atoms with Crippen LogP contribution in [0.15, 0.2) is 0 Å². The molecule has 0 aliphatic carbocycles. The maximum atomic E-state index is 4.37. The van der Waals surface area contributed by atoms with E-state index < -0.39 is 0 Å². The lowest BCUT2D eigenvalue weighted by atomic mass is 9.97. The van der Waals surface area contributed by atoms with Crippen molar-refractivity contribution in [1.29, 1.82) is 0 Å². The summed E-state index contributed by atoms with van der Waals surface area (Å²) >= 11 is 0. The van der Waals surface area contributed by atoms with E-state index in [-0.39, 0.29) is 0 Å². The van der Waals surface area contributed by atoms with E-state index in [2.05, 4.69) is 27.1 Å². The number of nitrogens with zero attached hydrogens (tertiary/aromatic N) is 3. The summed E-state index contributed by atoms with van der Waals surface area (Å²) in [5.41, 5.74) is 0. The van der Waals surface area contributed by atoms with Crippen molar-refractivity contribution in [2.45, 2.75) is 39.5 Å². The summed E-state index contributed by atoms with van der Waals surface area (Å²) in [5, 5.41) is 7.11. The molecule has 0 amide bonds. The van der Waals surface area contributed by atoms with Gasteiger partial charge in [-0.05, 0) is 39.9 Å². The van der Waals surface area contributed by atoms with Crippen molar-refractivity contribution in [3.8, 4) is 0 Å². The molecule has 1 aliphatic rings. The molecule has 0 bridgehead atoms. The molecule has 15 heavy (non-hydrogen) atoms. The minimum absolute atomic E-state index is 0.571. The third kappa shape index (κ3) is 3.30. The van der Waals surface area contributed by atoms with Gasteiger partial charge in [0.2, 0.25) is 0 Å². The number of H-pyrrole nitrogens is 1. The second-order valence-corrected chi connectivity index (χ2v) is 3.86. The van der Waals surface area contributed by atoms with E-state index in [0.717, 1.165) is 24.7 Å². The van der Waals surface area contributed by atoms with Crippen molar-refractivity contribution in [1.82, 2.24) is 20.1 Å². The monoisotopic (exact) mass is 210 g/mol. The molecule has 86 valence electrons. The van der Waals surface area contributed by atoms with Gasteiger partial charge in [-0.25, -0.2) is 4.98 Å². The largest absolute Gasteiger partial charge is 0.306 e. The van der Waals surface area contributed by atoms with Gasteiger partial charge in [0.25, 0.3) is 0 Å². The van der Waals surface area contributed by atoms with Crippen LogP contribution in [0.1, 0.15) is 44.3 Å². The highest BCUT2D eigenvalue weighted by molar-refractivity contribution is 4.98. The first-order valence-corrected chi connectivity index (χ1v) is 5.83. The number of hydrogen-bond donors (Lipinski definition) is 1. The lowest BCUT2D eigenvalue weighted by Gasteiger charge is -2.26. The zero-order valence-electron chi connectivity index (χ0n) is 10.2. The smallest absolute Gasteiger partial charge is 0.153 e. The van der Waals surface area contributed by atoms with Crippen LogP contribution in [0.25, 0.3) is 0 Å². The van der Waals surface area contributed by atoms with Crippen LogP contribution in [0, 0.1) is 6.92 Å². The van der Waals surface area contributed by atoms with Gasteiger partial charge in [-0.1, -0.05) is 13.8 Å². The number of rotatable bonds is 1. The molecule has 1 aromatic heterocycles. The third-order valence-corrected chi connectivity index (χ3v) is 2.70. The molecular weight excluding hydrogens is 188 g/mol. The van der Waals surface area contributed by atoms with Crippen molar-refractivity contribution in [3.05, 3.63) is 11.6 Å². The molecular formula is C11H22N4. The number of aromatic nitrogens is 3. The molecule has 4 nitrogen and oxygen atoms in total. The average Bonchev–Trinajstić information content (AvgIpc) is 2.69. The number of hydrogen-bond acceptors (Lipinski definition) is 3. The van der Waals surface area contributed by atoms with E-state index in [9.17, 15) is 0 Å².